The average Bonchev–Trinajstić information content (AvgIpc) is 2.29. The zero-order valence-corrected chi connectivity index (χ0v) is 8.35. The Labute approximate surface area is 74.1 Å². The zero-order chi connectivity index (χ0) is 9.35. The van der Waals surface area contributed by atoms with Gasteiger partial charge in [-0.2, -0.15) is 0 Å². The summed E-state index contributed by atoms with van der Waals surface area (Å²) in [6.07, 6.45) is 0.204. The van der Waals surface area contributed by atoms with Crippen molar-refractivity contribution in [2.45, 2.75) is 33.9 Å². The normalized spacial score (nSPS) is 25.2. The number of likely N-dealkylation sites (N-methyl/N-ethyl adjacent to an activating group) is 1. The Hall–Kier alpha value is -0.570. The Morgan fingerprint density at radius 1 is 1.58 bits per heavy atom. The molecule has 1 aliphatic heterocycles. The molecule has 70 valence electrons. The maximum atomic E-state index is 11.3. The van der Waals surface area contributed by atoms with Crippen LogP contribution in [0.5, 0.6) is 0 Å². The lowest BCUT2D eigenvalue weighted by atomic mass is 9.92. The van der Waals surface area contributed by atoms with Gasteiger partial charge in [0.05, 0.1) is 12.7 Å². The van der Waals surface area contributed by atoms with Crippen molar-refractivity contribution in [1.82, 2.24) is 10.2 Å². The molecule has 1 aliphatic rings. The molecule has 1 atom stereocenters. The Morgan fingerprint density at radius 2 is 2.17 bits per heavy atom. The molecule has 1 fully saturated rings. The molecule has 0 aromatic heterocycles. The molecule has 0 aromatic rings. The van der Waals surface area contributed by atoms with Crippen LogP contribution in [-0.4, -0.2) is 30.1 Å². The summed E-state index contributed by atoms with van der Waals surface area (Å²) in [5, 5.41) is 3.22. The van der Waals surface area contributed by atoms with E-state index in [1.54, 1.807) is 0 Å². The first kappa shape index (κ1) is 9.52. The predicted octanol–water partition coefficient (Wildman–Crippen LogP) is 0.810. The summed E-state index contributed by atoms with van der Waals surface area (Å²) < 4.78 is 0. The molecule has 0 unspecified atom stereocenters. The molecule has 3 heteroatoms. The summed E-state index contributed by atoms with van der Waals surface area (Å²) in [6.45, 7) is 9.75. The van der Waals surface area contributed by atoms with Gasteiger partial charge in [-0.3, -0.25) is 10.1 Å². The van der Waals surface area contributed by atoms with E-state index in [4.69, 9.17) is 0 Å². The monoisotopic (exact) mass is 170 g/mol. The van der Waals surface area contributed by atoms with Crippen LogP contribution in [0.15, 0.2) is 0 Å². The maximum Gasteiger partial charge on any atom is 0.237 e. The third-order valence-electron chi connectivity index (χ3n) is 2.24. The smallest absolute Gasteiger partial charge is 0.237 e. The number of amides is 1. The minimum atomic E-state index is 0.127. The van der Waals surface area contributed by atoms with Crippen molar-refractivity contribution in [3.8, 4) is 0 Å². The topological polar surface area (TPSA) is 32.3 Å². The minimum absolute atomic E-state index is 0.127. The predicted molar refractivity (Wildman–Crippen MR) is 48.6 cm³/mol. The van der Waals surface area contributed by atoms with Crippen LogP contribution >= 0.6 is 0 Å². The van der Waals surface area contributed by atoms with Crippen LogP contribution in [0.2, 0.25) is 0 Å². The van der Waals surface area contributed by atoms with Gasteiger partial charge in [0.2, 0.25) is 5.91 Å². The third-order valence-corrected chi connectivity index (χ3v) is 2.24. The van der Waals surface area contributed by atoms with Crippen LogP contribution in [0.25, 0.3) is 0 Å². The van der Waals surface area contributed by atoms with Gasteiger partial charge >= 0.3 is 0 Å². The highest BCUT2D eigenvalue weighted by atomic mass is 16.2. The number of nitrogens with zero attached hydrogens (tertiary/aromatic N) is 1. The van der Waals surface area contributed by atoms with Gasteiger partial charge in [-0.1, -0.05) is 20.8 Å². The molecule has 0 radical (unpaired) electrons. The highest BCUT2D eigenvalue weighted by Gasteiger charge is 2.36. The lowest BCUT2D eigenvalue weighted by molar-refractivity contribution is -0.129. The van der Waals surface area contributed by atoms with E-state index in [-0.39, 0.29) is 17.5 Å². The molecule has 0 saturated carbocycles. The van der Waals surface area contributed by atoms with Crippen LogP contribution < -0.4 is 5.32 Å². The van der Waals surface area contributed by atoms with Crippen molar-refractivity contribution in [2.24, 2.45) is 5.41 Å². The van der Waals surface area contributed by atoms with E-state index in [0.717, 1.165) is 6.54 Å². The Bertz CT molecular complexity index is 183. The summed E-state index contributed by atoms with van der Waals surface area (Å²) in [5.74, 6) is 0.220. The van der Waals surface area contributed by atoms with Gasteiger partial charge in [-0.15, -0.1) is 0 Å². The van der Waals surface area contributed by atoms with E-state index < -0.39 is 0 Å². The molecule has 1 N–H and O–H groups in total. The van der Waals surface area contributed by atoms with Crippen LogP contribution in [0, 0.1) is 5.41 Å². The molecule has 1 amide bonds. The number of hydrogen-bond acceptors (Lipinski definition) is 2. The maximum absolute atomic E-state index is 11.3. The van der Waals surface area contributed by atoms with Gasteiger partial charge in [0, 0.05) is 6.54 Å². The lowest BCUT2D eigenvalue weighted by Gasteiger charge is -2.33. The number of hydrogen-bond donors (Lipinski definition) is 1. The molecule has 1 rings (SSSR count). The standard InChI is InChI=1S/C9H18N2O/c1-5-11-7(12)6-10-8(11)9(2,3)4/h8,10H,5-6H2,1-4H3/t8-/m1/s1. The van der Waals surface area contributed by atoms with Crippen LogP contribution in [0.1, 0.15) is 27.7 Å². The number of carbonyl (C=O) groups excluding carboxylic acids is 1. The van der Waals surface area contributed by atoms with Gasteiger partial charge in [-0.05, 0) is 12.3 Å². The van der Waals surface area contributed by atoms with E-state index in [9.17, 15) is 4.79 Å². The van der Waals surface area contributed by atoms with Crippen molar-refractivity contribution in [1.29, 1.82) is 0 Å². The van der Waals surface area contributed by atoms with Crippen molar-refractivity contribution >= 4 is 5.91 Å². The fraction of sp³-hybridized carbons (Fsp3) is 0.889. The Balaban J connectivity index is 2.73. The van der Waals surface area contributed by atoms with Crippen molar-refractivity contribution < 1.29 is 4.79 Å². The zero-order valence-electron chi connectivity index (χ0n) is 8.35. The molecule has 12 heavy (non-hydrogen) atoms. The summed E-state index contributed by atoms with van der Waals surface area (Å²) >= 11 is 0. The summed E-state index contributed by atoms with van der Waals surface area (Å²) in [4.78, 5) is 13.2. The highest BCUT2D eigenvalue weighted by molar-refractivity contribution is 5.80. The van der Waals surface area contributed by atoms with Gasteiger partial charge in [-0.25, -0.2) is 0 Å². The first-order valence-electron chi connectivity index (χ1n) is 4.49. The number of carbonyl (C=O) groups is 1. The molecule has 1 saturated heterocycles. The lowest BCUT2D eigenvalue weighted by Crippen LogP contribution is -2.46. The molecular formula is C9H18N2O. The van der Waals surface area contributed by atoms with E-state index in [0.29, 0.717) is 6.54 Å². The van der Waals surface area contributed by atoms with E-state index in [1.807, 2.05) is 11.8 Å². The van der Waals surface area contributed by atoms with Gasteiger partial charge in [0.1, 0.15) is 0 Å². The Kier molecular flexibility index (Phi) is 2.42. The fourth-order valence-electron chi connectivity index (χ4n) is 1.67. The second kappa shape index (κ2) is 3.05. The molecular weight excluding hydrogens is 152 g/mol. The first-order chi connectivity index (χ1) is 5.46. The number of nitrogens with one attached hydrogen (secondary N) is 1. The Morgan fingerprint density at radius 3 is 2.50 bits per heavy atom. The van der Waals surface area contributed by atoms with Crippen LogP contribution in [0.4, 0.5) is 0 Å². The van der Waals surface area contributed by atoms with Crippen molar-refractivity contribution in [3.63, 3.8) is 0 Å². The largest absolute Gasteiger partial charge is 0.326 e. The minimum Gasteiger partial charge on any atom is -0.326 e. The van der Waals surface area contributed by atoms with E-state index >= 15 is 0 Å². The first-order valence-corrected chi connectivity index (χ1v) is 4.49. The molecule has 0 aromatic carbocycles. The molecule has 3 nitrogen and oxygen atoms in total. The van der Waals surface area contributed by atoms with E-state index in [2.05, 4.69) is 26.1 Å². The summed E-state index contributed by atoms with van der Waals surface area (Å²) in [6, 6.07) is 0. The van der Waals surface area contributed by atoms with Crippen LogP contribution in [0.3, 0.4) is 0 Å². The second-order valence-electron chi connectivity index (χ2n) is 4.33. The number of rotatable bonds is 1. The molecule has 1 heterocycles. The van der Waals surface area contributed by atoms with Gasteiger partial charge in [0.15, 0.2) is 0 Å². The molecule has 0 aliphatic carbocycles. The average molecular weight is 170 g/mol. The molecule has 0 spiro atoms. The van der Waals surface area contributed by atoms with E-state index in [1.165, 1.54) is 0 Å². The fourth-order valence-corrected chi connectivity index (χ4v) is 1.67. The van der Waals surface area contributed by atoms with Gasteiger partial charge in [0.25, 0.3) is 0 Å². The third kappa shape index (κ3) is 1.61. The molecule has 0 bridgehead atoms. The second-order valence-corrected chi connectivity index (χ2v) is 4.33. The summed E-state index contributed by atoms with van der Waals surface area (Å²) in [5.41, 5.74) is 0.127. The summed E-state index contributed by atoms with van der Waals surface area (Å²) in [7, 11) is 0. The van der Waals surface area contributed by atoms with Crippen molar-refractivity contribution in [2.75, 3.05) is 13.1 Å². The van der Waals surface area contributed by atoms with Gasteiger partial charge < -0.3 is 4.90 Å². The van der Waals surface area contributed by atoms with Crippen LogP contribution in [-0.2, 0) is 4.79 Å². The SMILES string of the molecule is CCN1C(=O)CN[C@H]1C(C)(C)C. The highest BCUT2D eigenvalue weighted by Crippen LogP contribution is 2.24. The quantitative estimate of drug-likeness (QED) is 0.631. The van der Waals surface area contributed by atoms with Crippen molar-refractivity contribution in [3.05, 3.63) is 0 Å².